The molecule has 2 N–H and O–H groups in total. The Morgan fingerprint density at radius 2 is 1.85 bits per heavy atom. The van der Waals surface area contributed by atoms with E-state index in [-0.39, 0.29) is 23.3 Å². The average molecular weight is 375 g/mol. The van der Waals surface area contributed by atoms with E-state index in [0.717, 1.165) is 62.3 Å². The molecule has 27 heavy (non-hydrogen) atoms. The lowest BCUT2D eigenvalue weighted by molar-refractivity contribution is -0.123. The summed E-state index contributed by atoms with van der Waals surface area (Å²) >= 11 is 0. The molecule has 2 atom stereocenters. The second-order valence-corrected chi connectivity index (χ2v) is 8.00. The van der Waals surface area contributed by atoms with Gasteiger partial charge < -0.3 is 20.1 Å². The molecule has 1 aromatic carbocycles. The third-order valence-electron chi connectivity index (χ3n) is 5.86. The van der Waals surface area contributed by atoms with Crippen LogP contribution in [0.1, 0.15) is 64.5 Å². The molecule has 1 amide bonds. The van der Waals surface area contributed by atoms with Gasteiger partial charge >= 0.3 is 0 Å². The number of benzene rings is 1. The third-order valence-corrected chi connectivity index (χ3v) is 5.86. The molecule has 2 unspecified atom stereocenters. The average Bonchev–Trinajstić information content (AvgIpc) is 3.38. The zero-order valence-corrected chi connectivity index (χ0v) is 17.0. The van der Waals surface area contributed by atoms with Gasteiger partial charge in [-0.15, -0.1) is 0 Å². The summed E-state index contributed by atoms with van der Waals surface area (Å²) in [5.74, 6) is 1.94. The molecule has 2 fully saturated rings. The van der Waals surface area contributed by atoms with Gasteiger partial charge in [0.15, 0.2) is 11.5 Å². The Hall–Kier alpha value is -1.75. The lowest BCUT2D eigenvalue weighted by Gasteiger charge is -2.24. The molecule has 2 aliphatic rings. The Bertz CT molecular complexity index is 640. The Morgan fingerprint density at radius 1 is 1.19 bits per heavy atom. The highest BCUT2D eigenvalue weighted by molar-refractivity contribution is 5.83. The molecule has 3 rings (SSSR count). The van der Waals surface area contributed by atoms with Crippen LogP contribution in [0, 0.1) is 11.3 Å². The molecule has 150 valence electrons. The first-order valence-corrected chi connectivity index (χ1v) is 10.5. The third kappa shape index (κ3) is 4.75. The van der Waals surface area contributed by atoms with Crippen molar-refractivity contribution in [2.24, 2.45) is 11.3 Å². The summed E-state index contributed by atoms with van der Waals surface area (Å²) in [6, 6.07) is 5.96. The Balaban J connectivity index is 1.63. The van der Waals surface area contributed by atoms with E-state index >= 15 is 0 Å². The van der Waals surface area contributed by atoms with Crippen LogP contribution in [-0.4, -0.2) is 32.2 Å². The summed E-state index contributed by atoms with van der Waals surface area (Å²) in [7, 11) is 0. The van der Waals surface area contributed by atoms with Gasteiger partial charge in [-0.25, -0.2) is 0 Å². The zero-order chi connectivity index (χ0) is 19.3. The smallest absolute Gasteiger partial charge is 0.224 e. The van der Waals surface area contributed by atoms with E-state index < -0.39 is 0 Å². The highest BCUT2D eigenvalue weighted by atomic mass is 16.5. The van der Waals surface area contributed by atoms with E-state index in [1.807, 2.05) is 25.1 Å². The highest BCUT2D eigenvalue weighted by Gasteiger charge is 2.57. The fraction of sp³-hybridized carbons (Fsp3) is 0.682. The van der Waals surface area contributed by atoms with Crippen LogP contribution in [-0.2, 0) is 4.79 Å². The molecule has 0 bridgehead atoms. The van der Waals surface area contributed by atoms with E-state index in [1.165, 1.54) is 0 Å². The van der Waals surface area contributed by atoms with Crippen LogP contribution in [0.25, 0.3) is 0 Å². The number of nitrogens with one attached hydrogen (secondary N) is 2. The lowest BCUT2D eigenvalue weighted by atomic mass is 9.91. The second kappa shape index (κ2) is 8.96. The van der Waals surface area contributed by atoms with Crippen molar-refractivity contribution in [1.82, 2.24) is 10.6 Å². The normalized spacial score (nSPS) is 21.5. The van der Waals surface area contributed by atoms with Gasteiger partial charge in [0.05, 0.1) is 19.3 Å². The quantitative estimate of drug-likeness (QED) is 0.690. The summed E-state index contributed by atoms with van der Waals surface area (Å²) in [6.07, 6.45) is 5.19. The first-order chi connectivity index (χ1) is 13.1. The Morgan fingerprint density at radius 3 is 2.52 bits per heavy atom. The number of rotatable bonds is 9. The van der Waals surface area contributed by atoms with Gasteiger partial charge in [0, 0.05) is 5.92 Å². The molecule has 1 aliphatic carbocycles. The molecule has 1 aliphatic heterocycles. The highest BCUT2D eigenvalue weighted by Crippen LogP contribution is 2.58. The van der Waals surface area contributed by atoms with Crippen LogP contribution in [0.3, 0.4) is 0 Å². The van der Waals surface area contributed by atoms with Gasteiger partial charge in [0.1, 0.15) is 0 Å². The van der Waals surface area contributed by atoms with Crippen molar-refractivity contribution in [1.29, 1.82) is 0 Å². The first-order valence-electron chi connectivity index (χ1n) is 10.5. The lowest BCUT2D eigenvalue weighted by Crippen LogP contribution is -2.34. The van der Waals surface area contributed by atoms with Crippen LogP contribution in [0.4, 0.5) is 0 Å². The number of amides is 1. The largest absolute Gasteiger partial charge is 0.490 e. The number of carbonyl (C=O) groups is 1. The van der Waals surface area contributed by atoms with Crippen molar-refractivity contribution in [3.8, 4) is 11.5 Å². The summed E-state index contributed by atoms with van der Waals surface area (Å²) < 4.78 is 11.7. The molecule has 5 nitrogen and oxygen atoms in total. The second-order valence-electron chi connectivity index (χ2n) is 8.00. The predicted octanol–water partition coefficient (Wildman–Crippen LogP) is 3.83. The zero-order valence-electron chi connectivity index (χ0n) is 17.0. The number of ether oxygens (including phenoxy) is 2. The molecule has 1 aromatic rings. The van der Waals surface area contributed by atoms with Gasteiger partial charge in [-0.05, 0) is 75.2 Å². The van der Waals surface area contributed by atoms with Crippen molar-refractivity contribution < 1.29 is 14.3 Å². The minimum atomic E-state index is -0.0407. The fourth-order valence-electron chi connectivity index (χ4n) is 4.04. The Labute approximate surface area is 163 Å². The molecule has 0 radical (unpaired) electrons. The van der Waals surface area contributed by atoms with Crippen molar-refractivity contribution in [3.05, 3.63) is 23.8 Å². The number of hydrogen-bond donors (Lipinski definition) is 2. The van der Waals surface area contributed by atoms with E-state index in [2.05, 4.69) is 24.5 Å². The van der Waals surface area contributed by atoms with Gasteiger partial charge in [-0.1, -0.05) is 19.9 Å². The molecular formula is C22H34N2O3. The molecule has 1 spiro atoms. The molecule has 5 heteroatoms. The fourth-order valence-corrected chi connectivity index (χ4v) is 4.04. The predicted molar refractivity (Wildman–Crippen MR) is 107 cm³/mol. The Kier molecular flexibility index (Phi) is 6.64. The topological polar surface area (TPSA) is 59.6 Å². The summed E-state index contributed by atoms with van der Waals surface area (Å²) in [6.45, 7) is 9.63. The van der Waals surface area contributed by atoms with Crippen LogP contribution in [0.2, 0.25) is 0 Å². The van der Waals surface area contributed by atoms with E-state index in [1.54, 1.807) is 0 Å². The van der Waals surface area contributed by atoms with Crippen LogP contribution >= 0.6 is 0 Å². The van der Waals surface area contributed by atoms with Gasteiger partial charge in [0.25, 0.3) is 0 Å². The van der Waals surface area contributed by atoms with Gasteiger partial charge in [-0.3, -0.25) is 4.79 Å². The molecular weight excluding hydrogens is 340 g/mol. The van der Waals surface area contributed by atoms with Gasteiger partial charge in [-0.2, -0.15) is 0 Å². The van der Waals surface area contributed by atoms with E-state index in [0.29, 0.717) is 13.2 Å². The minimum absolute atomic E-state index is 0.0407. The standard InChI is InChI=1S/C22H34N2O3/c1-4-12-26-19-7-6-17(14-20(19)27-13-5-2)16(3)24-21(25)18-15-22(18)8-10-23-11-9-22/h6-7,14,16,18,23H,4-5,8-13,15H2,1-3H3,(H,24,25). The molecule has 0 aromatic heterocycles. The number of carbonyl (C=O) groups excluding carboxylic acids is 1. The maximum Gasteiger partial charge on any atom is 0.224 e. The maximum absolute atomic E-state index is 12.7. The first kappa shape index (κ1) is 20.0. The maximum atomic E-state index is 12.7. The molecule has 1 saturated carbocycles. The number of hydrogen-bond acceptors (Lipinski definition) is 4. The SMILES string of the molecule is CCCOc1ccc(C(C)NC(=O)C2CC23CCNCC3)cc1OCCC. The van der Waals surface area contributed by atoms with E-state index in [9.17, 15) is 4.79 Å². The number of piperidine rings is 1. The van der Waals surface area contributed by atoms with Crippen molar-refractivity contribution >= 4 is 5.91 Å². The summed E-state index contributed by atoms with van der Waals surface area (Å²) in [4.78, 5) is 12.7. The van der Waals surface area contributed by atoms with Crippen LogP contribution in [0.15, 0.2) is 18.2 Å². The van der Waals surface area contributed by atoms with E-state index in [4.69, 9.17) is 9.47 Å². The molecule has 1 heterocycles. The summed E-state index contributed by atoms with van der Waals surface area (Å²) in [5.41, 5.74) is 1.32. The van der Waals surface area contributed by atoms with Crippen molar-refractivity contribution in [2.75, 3.05) is 26.3 Å². The molecule has 1 saturated heterocycles. The van der Waals surface area contributed by atoms with Gasteiger partial charge in [0.2, 0.25) is 5.91 Å². The minimum Gasteiger partial charge on any atom is -0.490 e. The van der Waals surface area contributed by atoms with Crippen LogP contribution in [0.5, 0.6) is 11.5 Å². The van der Waals surface area contributed by atoms with Crippen LogP contribution < -0.4 is 20.1 Å². The summed E-state index contributed by atoms with van der Waals surface area (Å²) in [5, 5.41) is 6.61. The van der Waals surface area contributed by atoms with Crippen molar-refractivity contribution in [3.63, 3.8) is 0 Å². The van der Waals surface area contributed by atoms with Crippen molar-refractivity contribution in [2.45, 2.75) is 58.9 Å². The monoisotopic (exact) mass is 374 g/mol.